The van der Waals surface area contributed by atoms with E-state index in [0.29, 0.717) is 0 Å². The van der Waals surface area contributed by atoms with Crippen molar-refractivity contribution in [2.24, 2.45) is 0 Å². The summed E-state index contributed by atoms with van der Waals surface area (Å²) in [5.74, 6) is 0.0159. The Morgan fingerprint density at radius 1 is 1.57 bits per heavy atom. The van der Waals surface area contributed by atoms with E-state index < -0.39 is 0 Å². The summed E-state index contributed by atoms with van der Waals surface area (Å²) in [4.78, 5) is 0. The van der Waals surface area contributed by atoms with Gasteiger partial charge in [-0.05, 0) is 30.5 Å². The number of fused-ring (bicyclic) bond motifs is 1. The van der Waals surface area contributed by atoms with Crippen LogP contribution in [-0.4, -0.2) is 6.54 Å². The maximum absolute atomic E-state index is 8.99. The number of benzene rings is 1. The second-order valence-electron chi connectivity index (χ2n) is 3.53. The molecule has 14 heavy (non-hydrogen) atoms. The molecule has 1 atom stereocenters. The van der Waals surface area contributed by atoms with Crippen LogP contribution in [0.5, 0.6) is 0 Å². The molecule has 0 spiro atoms. The predicted molar refractivity (Wildman–Crippen MR) is 57.6 cm³/mol. The van der Waals surface area contributed by atoms with Crippen molar-refractivity contribution in [2.45, 2.75) is 19.3 Å². The van der Waals surface area contributed by atoms with Crippen molar-refractivity contribution in [3.8, 4) is 6.07 Å². The molecule has 1 N–H and O–H groups in total. The molecule has 1 aromatic rings. The van der Waals surface area contributed by atoms with E-state index in [0.717, 1.165) is 34.8 Å². The molecule has 1 unspecified atom stereocenters. The average molecular weight is 207 g/mol. The van der Waals surface area contributed by atoms with Crippen LogP contribution in [0.25, 0.3) is 0 Å². The number of nitriles is 1. The van der Waals surface area contributed by atoms with Crippen LogP contribution < -0.4 is 5.32 Å². The highest BCUT2D eigenvalue weighted by Crippen LogP contribution is 2.36. The first-order valence-corrected chi connectivity index (χ1v) is 5.04. The summed E-state index contributed by atoms with van der Waals surface area (Å²) in [6.07, 6.45) is 0.880. The summed E-state index contributed by atoms with van der Waals surface area (Å²) in [6.45, 7) is 2.83. The first kappa shape index (κ1) is 9.36. The number of rotatable bonds is 0. The van der Waals surface area contributed by atoms with Crippen LogP contribution in [-0.2, 0) is 0 Å². The molecule has 0 saturated carbocycles. The van der Waals surface area contributed by atoms with E-state index in [1.165, 1.54) is 0 Å². The van der Waals surface area contributed by atoms with Gasteiger partial charge in [0.1, 0.15) is 0 Å². The number of hydrogen-bond acceptors (Lipinski definition) is 2. The molecule has 1 aliphatic heterocycles. The lowest BCUT2D eigenvalue weighted by Crippen LogP contribution is -2.16. The highest BCUT2D eigenvalue weighted by Gasteiger charge is 2.21. The summed E-state index contributed by atoms with van der Waals surface area (Å²) in [7, 11) is 0. The highest BCUT2D eigenvalue weighted by molar-refractivity contribution is 6.31. The molecule has 3 heteroatoms. The van der Waals surface area contributed by atoms with Crippen molar-refractivity contribution in [2.75, 3.05) is 11.9 Å². The van der Waals surface area contributed by atoms with Crippen molar-refractivity contribution in [1.29, 1.82) is 5.26 Å². The molecule has 0 fully saturated rings. The maximum Gasteiger partial charge on any atom is 0.0749 e. The van der Waals surface area contributed by atoms with Crippen LogP contribution in [0.4, 0.5) is 5.69 Å². The van der Waals surface area contributed by atoms with Gasteiger partial charge in [0, 0.05) is 17.3 Å². The third kappa shape index (κ3) is 1.34. The van der Waals surface area contributed by atoms with Crippen molar-refractivity contribution in [3.05, 3.63) is 28.3 Å². The molecule has 1 aromatic carbocycles. The minimum Gasteiger partial charge on any atom is -0.384 e. The molecule has 0 bridgehead atoms. The van der Waals surface area contributed by atoms with Gasteiger partial charge in [-0.3, -0.25) is 0 Å². The van der Waals surface area contributed by atoms with Gasteiger partial charge in [-0.15, -0.1) is 0 Å². The summed E-state index contributed by atoms with van der Waals surface area (Å²) in [5, 5.41) is 13.0. The molecule has 2 rings (SSSR count). The fraction of sp³-hybridized carbons (Fsp3) is 0.364. The maximum atomic E-state index is 8.99. The van der Waals surface area contributed by atoms with E-state index in [1.807, 2.05) is 19.1 Å². The van der Waals surface area contributed by atoms with Crippen LogP contribution in [0, 0.1) is 18.3 Å². The molecule has 0 saturated heterocycles. The first-order chi connectivity index (χ1) is 6.74. The second kappa shape index (κ2) is 3.51. The zero-order valence-corrected chi connectivity index (χ0v) is 8.73. The van der Waals surface area contributed by atoms with Gasteiger partial charge < -0.3 is 5.32 Å². The molecular weight excluding hydrogens is 196 g/mol. The average Bonchev–Trinajstić information content (AvgIpc) is 2.23. The van der Waals surface area contributed by atoms with Crippen molar-refractivity contribution in [1.82, 2.24) is 0 Å². The Labute approximate surface area is 88.5 Å². The van der Waals surface area contributed by atoms with Crippen molar-refractivity contribution >= 4 is 17.3 Å². The fourth-order valence-corrected chi connectivity index (χ4v) is 2.02. The van der Waals surface area contributed by atoms with Gasteiger partial charge in [-0.2, -0.15) is 5.26 Å². The standard InChI is InChI=1S/C11H11ClN2/c1-7-10(12)3-2-9-8(6-13)4-5-14-11(7)9/h2-3,8,14H,4-5H2,1H3. The first-order valence-electron chi connectivity index (χ1n) is 4.66. The fourth-order valence-electron chi connectivity index (χ4n) is 1.86. The number of halogens is 1. The number of nitrogens with one attached hydrogen (secondary N) is 1. The Balaban J connectivity index is 2.57. The predicted octanol–water partition coefficient (Wildman–Crippen LogP) is 3.07. The summed E-state index contributed by atoms with van der Waals surface area (Å²) in [5.41, 5.74) is 3.18. The minimum atomic E-state index is 0.0159. The van der Waals surface area contributed by atoms with Crippen LogP contribution in [0.1, 0.15) is 23.5 Å². The Hall–Kier alpha value is -1.20. The zero-order chi connectivity index (χ0) is 10.1. The van der Waals surface area contributed by atoms with E-state index in [1.54, 1.807) is 0 Å². The molecule has 72 valence electrons. The van der Waals surface area contributed by atoms with Gasteiger partial charge in [0.2, 0.25) is 0 Å². The number of anilines is 1. The van der Waals surface area contributed by atoms with Crippen molar-refractivity contribution in [3.63, 3.8) is 0 Å². The van der Waals surface area contributed by atoms with Gasteiger partial charge in [0.25, 0.3) is 0 Å². The van der Waals surface area contributed by atoms with E-state index in [9.17, 15) is 0 Å². The molecule has 0 aliphatic carbocycles. The summed E-state index contributed by atoms with van der Waals surface area (Å²) >= 11 is 6.01. The smallest absolute Gasteiger partial charge is 0.0749 e. The van der Waals surface area contributed by atoms with Gasteiger partial charge in [-0.1, -0.05) is 17.7 Å². The van der Waals surface area contributed by atoms with Crippen LogP contribution in [0.15, 0.2) is 12.1 Å². The Kier molecular flexibility index (Phi) is 2.35. The summed E-state index contributed by atoms with van der Waals surface area (Å²) in [6, 6.07) is 6.14. The Morgan fingerprint density at radius 2 is 2.36 bits per heavy atom. The van der Waals surface area contributed by atoms with E-state index >= 15 is 0 Å². The molecular formula is C11H11ClN2. The number of nitrogens with zero attached hydrogens (tertiary/aromatic N) is 1. The van der Waals surface area contributed by atoms with Gasteiger partial charge in [0.15, 0.2) is 0 Å². The molecule has 0 aromatic heterocycles. The van der Waals surface area contributed by atoms with Crippen LogP contribution >= 0.6 is 11.6 Å². The van der Waals surface area contributed by atoms with Crippen LogP contribution in [0.2, 0.25) is 5.02 Å². The third-order valence-electron chi connectivity index (χ3n) is 2.70. The van der Waals surface area contributed by atoms with E-state index in [2.05, 4.69) is 11.4 Å². The zero-order valence-electron chi connectivity index (χ0n) is 7.97. The van der Waals surface area contributed by atoms with Crippen LogP contribution in [0.3, 0.4) is 0 Å². The topological polar surface area (TPSA) is 35.8 Å². The van der Waals surface area contributed by atoms with E-state index in [-0.39, 0.29) is 5.92 Å². The number of hydrogen-bond donors (Lipinski definition) is 1. The SMILES string of the molecule is Cc1c(Cl)ccc2c1NCCC2C#N. The quantitative estimate of drug-likeness (QED) is 0.708. The Bertz CT molecular complexity index is 406. The minimum absolute atomic E-state index is 0.0159. The summed E-state index contributed by atoms with van der Waals surface area (Å²) < 4.78 is 0. The monoisotopic (exact) mass is 206 g/mol. The molecule has 0 radical (unpaired) electrons. The lowest BCUT2D eigenvalue weighted by molar-refractivity contribution is 0.750. The molecule has 0 amide bonds. The molecule has 1 aliphatic rings. The third-order valence-corrected chi connectivity index (χ3v) is 3.11. The van der Waals surface area contributed by atoms with Gasteiger partial charge in [0.05, 0.1) is 12.0 Å². The largest absolute Gasteiger partial charge is 0.384 e. The van der Waals surface area contributed by atoms with Crippen molar-refractivity contribution < 1.29 is 0 Å². The normalized spacial score (nSPS) is 19.4. The lowest BCUT2D eigenvalue weighted by Gasteiger charge is -2.24. The van der Waals surface area contributed by atoms with Gasteiger partial charge >= 0.3 is 0 Å². The molecule has 2 nitrogen and oxygen atoms in total. The second-order valence-corrected chi connectivity index (χ2v) is 3.94. The Morgan fingerprint density at radius 3 is 3.07 bits per heavy atom. The molecule has 1 heterocycles. The van der Waals surface area contributed by atoms with E-state index in [4.69, 9.17) is 16.9 Å². The highest BCUT2D eigenvalue weighted by atomic mass is 35.5. The van der Waals surface area contributed by atoms with Gasteiger partial charge in [-0.25, -0.2) is 0 Å². The lowest BCUT2D eigenvalue weighted by atomic mass is 9.90.